The molecule has 1 saturated heterocycles. The molecule has 51 valence electrons. The summed E-state index contributed by atoms with van der Waals surface area (Å²) in [6, 6.07) is 0. The second-order valence-electron chi connectivity index (χ2n) is 2.71. The van der Waals surface area contributed by atoms with Crippen LogP contribution in [0.1, 0.15) is 19.3 Å². The first kappa shape index (κ1) is 7.03. The normalized spacial score (nSPS) is 36.4. The number of rotatable bonds is 1. The summed E-state index contributed by atoms with van der Waals surface area (Å²) < 4.78 is 5.50. The first-order valence-electron chi connectivity index (χ1n) is 3.45. The number of hydrogen-bond acceptors (Lipinski definition) is 1. The third kappa shape index (κ3) is 1.66. The van der Waals surface area contributed by atoms with E-state index in [1.54, 1.807) is 0 Å². The predicted octanol–water partition coefficient (Wildman–Crippen LogP) is 0.238. The lowest BCUT2D eigenvalue weighted by atomic mass is 10.1. The van der Waals surface area contributed by atoms with Gasteiger partial charge in [0.05, 0.1) is 5.22 Å². The molecule has 9 heavy (non-hydrogen) atoms. The zero-order valence-electron chi connectivity index (χ0n) is 5.94. The van der Waals surface area contributed by atoms with Gasteiger partial charge in [-0.05, 0) is 25.3 Å². The Labute approximate surface area is 59.5 Å². The molecular weight excluding hydrogens is 128 g/mol. The van der Waals surface area contributed by atoms with E-state index in [0.717, 1.165) is 23.3 Å². The molecule has 1 aliphatic heterocycles. The summed E-state index contributed by atoms with van der Waals surface area (Å²) in [6.07, 6.45) is 6.61. The molecule has 1 unspecified atom stereocenters. The monoisotopic (exact) mass is 141 g/mol. The highest BCUT2D eigenvalue weighted by molar-refractivity contribution is 6.15. The summed E-state index contributed by atoms with van der Waals surface area (Å²) in [5.74, 6) is 0. The Balaban J connectivity index is 2.46. The first-order chi connectivity index (χ1) is 4.27. The van der Waals surface area contributed by atoms with Crippen molar-refractivity contribution < 1.29 is 4.74 Å². The van der Waals surface area contributed by atoms with Crippen molar-refractivity contribution in [3.05, 3.63) is 12.7 Å². The van der Waals surface area contributed by atoms with E-state index in [4.69, 9.17) is 4.74 Å². The molecule has 0 saturated carbocycles. The van der Waals surface area contributed by atoms with Gasteiger partial charge in [-0.3, -0.25) is 0 Å². The second-order valence-corrected chi connectivity index (χ2v) is 4.33. The third-order valence-electron chi connectivity index (χ3n) is 1.84. The first-order valence-corrected chi connectivity index (χ1v) is 4.45. The Morgan fingerprint density at radius 2 is 2.33 bits per heavy atom. The van der Waals surface area contributed by atoms with Gasteiger partial charge in [-0.2, -0.15) is 0 Å². The van der Waals surface area contributed by atoms with Crippen LogP contribution >= 0.6 is 0 Å². The highest BCUT2D eigenvalue weighted by Gasteiger charge is 2.23. The molecule has 0 aromatic carbocycles. The van der Waals surface area contributed by atoms with Gasteiger partial charge in [0.25, 0.3) is 0 Å². The van der Waals surface area contributed by atoms with Crippen molar-refractivity contribution in [2.75, 3.05) is 6.61 Å². The third-order valence-corrected chi connectivity index (χ3v) is 2.98. The summed E-state index contributed by atoms with van der Waals surface area (Å²) in [4.78, 5) is 0. The van der Waals surface area contributed by atoms with Gasteiger partial charge in [0.1, 0.15) is 0 Å². The molecule has 0 aromatic heterocycles. The van der Waals surface area contributed by atoms with Crippen molar-refractivity contribution in [3.63, 3.8) is 0 Å². The van der Waals surface area contributed by atoms with Crippen molar-refractivity contribution in [1.29, 1.82) is 0 Å². The molecule has 0 N–H and O–H groups in total. The molecule has 1 radical (unpaired) electrons. The fraction of sp³-hybridized carbons (Fsp3) is 0.714. The molecule has 1 heterocycles. The Hall–Kier alpha value is -0.0831. The van der Waals surface area contributed by atoms with Crippen LogP contribution < -0.4 is 0 Å². The van der Waals surface area contributed by atoms with Gasteiger partial charge in [-0.15, -0.1) is 0 Å². The standard InChI is InChI=1S/C7H13OSi/c1-2-7(9)5-3-4-6-8-7/h1,3-6H2,9H3. The molecule has 0 aromatic rings. The van der Waals surface area contributed by atoms with Gasteiger partial charge in [-0.25, -0.2) is 0 Å². The van der Waals surface area contributed by atoms with Crippen LogP contribution in [0.15, 0.2) is 6.58 Å². The molecule has 1 fully saturated rings. The molecule has 0 amide bonds. The van der Waals surface area contributed by atoms with E-state index in [9.17, 15) is 0 Å². The van der Waals surface area contributed by atoms with Gasteiger partial charge in [-0.1, -0.05) is 6.58 Å². The van der Waals surface area contributed by atoms with E-state index in [0.29, 0.717) is 0 Å². The molecule has 0 bridgehead atoms. The maximum absolute atomic E-state index is 5.50. The van der Waals surface area contributed by atoms with Crippen molar-refractivity contribution in [2.24, 2.45) is 0 Å². The van der Waals surface area contributed by atoms with Gasteiger partial charge < -0.3 is 4.74 Å². The topological polar surface area (TPSA) is 9.23 Å². The Kier molecular flexibility index (Phi) is 2.08. The lowest BCUT2D eigenvalue weighted by Crippen LogP contribution is -2.34. The van der Waals surface area contributed by atoms with Crippen LogP contribution in [0.25, 0.3) is 0 Å². The van der Waals surface area contributed by atoms with Crippen LogP contribution in [0.5, 0.6) is 0 Å². The van der Waals surface area contributed by atoms with Crippen LogP contribution in [0.2, 0.25) is 0 Å². The van der Waals surface area contributed by atoms with E-state index in [-0.39, 0.29) is 5.22 Å². The molecule has 1 atom stereocenters. The molecule has 0 aliphatic carbocycles. The van der Waals surface area contributed by atoms with Crippen molar-refractivity contribution in [2.45, 2.75) is 24.5 Å². The maximum Gasteiger partial charge on any atom is 0.0720 e. The van der Waals surface area contributed by atoms with Crippen molar-refractivity contribution in [1.82, 2.24) is 0 Å². The van der Waals surface area contributed by atoms with Gasteiger partial charge in [0.15, 0.2) is 0 Å². The Morgan fingerprint density at radius 1 is 1.56 bits per heavy atom. The average molecular weight is 141 g/mol. The quantitative estimate of drug-likeness (QED) is 0.475. The zero-order valence-corrected chi connectivity index (χ0v) is 7.94. The lowest BCUT2D eigenvalue weighted by Gasteiger charge is -2.30. The highest BCUT2D eigenvalue weighted by Crippen LogP contribution is 2.21. The molecule has 0 spiro atoms. The van der Waals surface area contributed by atoms with E-state index < -0.39 is 0 Å². The van der Waals surface area contributed by atoms with E-state index in [1.165, 1.54) is 12.8 Å². The summed E-state index contributed by atoms with van der Waals surface area (Å²) in [7, 11) is 1.03. The molecular formula is C7H13OSi. The van der Waals surface area contributed by atoms with Gasteiger partial charge in [0.2, 0.25) is 0 Å². The minimum absolute atomic E-state index is 0.00174. The molecule has 1 nitrogen and oxygen atoms in total. The predicted molar refractivity (Wildman–Crippen MR) is 41.3 cm³/mol. The largest absolute Gasteiger partial charge is 0.375 e. The van der Waals surface area contributed by atoms with Crippen molar-refractivity contribution >= 4 is 10.2 Å². The lowest BCUT2D eigenvalue weighted by molar-refractivity contribution is 0.0107. The molecule has 2 heteroatoms. The summed E-state index contributed by atoms with van der Waals surface area (Å²) in [5, 5.41) is -0.00174. The van der Waals surface area contributed by atoms with Crippen LogP contribution in [-0.4, -0.2) is 22.1 Å². The SMILES string of the molecule is C=[C]C1([SiH3])CCCCO1. The second kappa shape index (κ2) is 2.67. The van der Waals surface area contributed by atoms with Gasteiger partial charge >= 0.3 is 0 Å². The fourth-order valence-electron chi connectivity index (χ4n) is 1.07. The van der Waals surface area contributed by atoms with Crippen LogP contribution in [0, 0.1) is 6.08 Å². The smallest absolute Gasteiger partial charge is 0.0720 e. The van der Waals surface area contributed by atoms with Crippen LogP contribution in [0.4, 0.5) is 0 Å². The highest BCUT2D eigenvalue weighted by atomic mass is 28.1. The van der Waals surface area contributed by atoms with Crippen LogP contribution in [-0.2, 0) is 4.74 Å². The number of hydrogen-bond donors (Lipinski definition) is 0. The zero-order chi connectivity index (χ0) is 6.74. The summed E-state index contributed by atoms with van der Waals surface area (Å²) in [6.45, 7) is 4.55. The molecule has 1 rings (SSSR count). The Bertz CT molecular complexity index is 105. The summed E-state index contributed by atoms with van der Waals surface area (Å²) in [5.41, 5.74) is 0. The minimum atomic E-state index is -0.00174. The van der Waals surface area contributed by atoms with Gasteiger partial charge in [0, 0.05) is 16.8 Å². The van der Waals surface area contributed by atoms with E-state index >= 15 is 0 Å². The fourth-order valence-corrected chi connectivity index (χ4v) is 1.63. The number of ether oxygens (including phenoxy) is 1. The molecule has 1 aliphatic rings. The van der Waals surface area contributed by atoms with Crippen LogP contribution in [0.3, 0.4) is 0 Å². The average Bonchev–Trinajstić information content (AvgIpc) is 1.90. The Morgan fingerprint density at radius 3 is 2.67 bits per heavy atom. The summed E-state index contributed by atoms with van der Waals surface area (Å²) >= 11 is 0. The maximum atomic E-state index is 5.50. The minimum Gasteiger partial charge on any atom is -0.375 e. The van der Waals surface area contributed by atoms with E-state index in [2.05, 4.69) is 12.7 Å². The van der Waals surface area contributed by atoms with E-state index in [1.807, 2.05) is 0 Å². The van der Waals surface area contributed by atoms with Crippen molar-refractivity contribution in [3.8, 4) is 0 Å².